The molecule has 0 saturated heterocycles. The summed E-state index contributed by atoms with van der Waals surface area (Å²) in [5.41, 5.74) is 0.618. The Morgan fingerprint density at radius 2 is 2.16 bits per heavy atom. The SMILES string of the molecule is CNC(Cc1cccc(Cl)c1F)c1cc(Br)c(Br)s1. The smallest absolute Gasteiger partial charge is 0.145 e. The average molecular weight is 428 g/mol. The van der Waals surface area contributed by atoms with Crippen molar-refractivity contribution in [1.29, 1.82) is 0 Å². The molecule has 0 amide bonds. The molecular weight excluding hydrogens is 416 g/mol. The lowest BCUT2D eigenvalue weighted by molar-refractivity contribution is 0.560. The summed E-state index contributed by atoms with van der Waals surface area (Å²) < 4.78 is 16.0. The molecule has 0 bridgehead atoms. The van der Waals surface area contributed by atoms with Crippen LogP contribution in [-0.4, -0.2) is 7.05 Å². The van der Waals surface area contributed by atoms with Gasteiger partial charge in [0.1, 0.15) is 5.82 Å². The second-order valence-electron chi connectivity index (χ2n) is 4.03. The molecule has 0 aliphatic heterocycles. The third kappa shape index (κ3) is 3.58. The Labute approximate surface area is 137 Å². The third-order valence-electron chi connectivity index (χ3n) is 2.81. The van der Waals surface area contributed by atoms with Gasteiger partial charge in [0.2, 0.25) is 0 Å². The topological polar surface area (TPSA) is 12.0 Å². The zero-order valence-corrected chi connectivity index (χ0v) is 14.8. The van der Waals surface area contributed by atoms with E-state index in [9.17, 15) is 4.39 Å². The van der Waals surface area contributed by atoms with Crippen molar-refractivity contribution in [1.82, 2.24) is 5.32 Å². The van der Waals surface area contributed by atoms with E-state index in [4.69, 9.17) is 11.6 Å². The van der Waals surface area contributed by atoms with Gasteiger partial charge < -0.3 is 5.32 Å². The van der Waals surface area contributed by atoms with Gasteiger partial charge in [0.05, 0.1) is 8.81 Å². The van der Waals surface area contributed by atoms with Crippen LogP contribution in [0.15, 0.2) is 32.5 Å². The van der Waals surface area contributed by atoms with Crippen LogP contribution < -0.4 is 5.32 Å². The standard InChI is InChI=1S/C13H11Br2ClFNS/c1-18-10(11-6-8(14)13(15)19-11)5-7-3-2-4-9(16)12(7)17/h2-4,6,10,18H,5H2,1H3. The summed E-state index contributed by atoms with van der Waals surface area (Å²) in [5, 5.41) is 3.38. The predicted octanol–water partition coefficient (Wildman–Crippen LogP) is 5.57. The van der Waals surface area contributed by atoms with E-state index in [2.05, 4.69) is 37.2 Å². The van der Waals surface area contributed by atoms with E-state index in [-0.39, 0.29) is 16.9 Å². The molecule has 1 aromatic carbocycles. The Kier molecular flexibility index (Phi) is 5.43. The summed E-state index contributed by atoms with van der Waals surface area (Å²) in [4.78, 5) is 1.14. The maximum absolute atomic E-state index is 13.9. The van der Waals surface area contributed by atoms with Gasteiger partial charge in [0, 0.05) is 15.4 Å². The zero-order chi connectivity index (χ0) is 14.0. The van der Waals surface area contributed by atoms with E-state index < -0.39 is 0 Å². The molecule has 0 spiro atoms. The molecule has 6 heteroatoms. The van der Waals surface area contributed by atoms with Gasteiger partial charge in [-0.1, -0.05) is 23.7 Å². The van der Waals surface area contributed by atoms with Gasteiger partial charge in [-0.05, 0) is 63.0 Å². The third-order valence-corrected chi connectivity index (χ3v) is 6.47. The molecule has 0 radical (unpaired) electrons. The number of nitrogens with one attached hydrogen (secondary N) is 1. The number of rotatable bonds is 4. The van der Waals surface area contributed by atoms with Crippen molar-refractivity contribution in [2.75, 3.05) is 7.05 Å². The Bertz CT molecular complexity index is 569. The van der Waals surface area contributed by atoms with E-state index in [1.54, 1.807) is 29.5 Å². The van der Waals surface area contributed by atoms with Crippen LogP contribution in [0.4, 0.5) is 4.39 Å². The maximum Gasteiger partial charge on any atom is 0.145 e. The van der Waals surface area contributed by atoms with Crippen LogP contribution in [0.1, 0.15) is 16.5 Å². The summed E-state index contributed by atoms with van der Waals surface area (Å²) >= 11 is 14.4. The predicted molar refractivity (Wildman–Crippen MR) is 86.6 cm³/mol. The Hall–Kier alpha value is 0.0600. The average Bonchev–Trinajstić information content (AvgIpc) is 2.71. The molecule has 0 aliphatic carbocycles. The summed E-state index contributed by atoms with van der Waals surface area (Å²) in [6.07, 6.45) is 0.558. The van der Waals surface area contributed by atoms with Crippen molar-refractivity contribution in [3.63, 3.8) is 0 Å². The van der Waals surface area contributed by atoms with Crippen molar-refractivity contribution in [3.8, 4) is 0 Å². The van der Waals surface area contributed by atoms with Crippen molar-refractivity contribution in [2.24, 2.45) is 0 Å². The number of benzene rings is 1. The van der Waals surface area contributed by atoms with Crippen LogP contribution in [0.2, 0.25) is 5.02 Å². The first-order chi connectivity index (χ1) is 9.02. The zero-order valence-electron chi connectivity index (χ0n) is 10.0. The molecule has 1 N–H and O–H groups in total. The van der Waals surface area contributed by atoms with Crippen LogP contribution in [-0.2, 0) is 6.42 Å². The lowest BCUT2D eigenvalue weighted by atomic mass is 10.0. The Morgan fingerprint density at radius 1 is 1.42 bits per heavy atom. The first-order valence-electron chi connectivity index (χ1n) is 5.57. The quantitative estimate of drug-likeness (QED) is 0.673. The number of hydrogen-bond acceptors (Lipinski definition) is 2. The maximum atomic E-state index is 13.9. The lowest BCUT2D eigenvalue weighted by Crippen LogP contribution is -2.18. The molecule has 1 nitrogen and oxygen atoms in total. The highest BCUT2D eigenvalue weighted by Crippen LogP contribution is 2.36. The molecule has 0 aliphatic rings. The molecule has 0 saturated carbocycles. The van der Waals surface area contributed by atoms with E-state index in [1.807, 2.05) is 13.1 Å². The van der Waals surface area contributed by atoms with Crippen molar-refractivity contribution < 1.29 is 4.39 Å². The number of halogens is 4. The van der Waals surface area contributed by atoms with Crippen LogP contribution in [0.25, 0.3) is 0 Å². The molecule has 102 valence electrons. The van der Waals surface area contributed by atoms with Gasteiger partial charge in [0.15, 0.2) is 0 Å². The molecular formula is C13H11Br2ClFNS. The van der Waals surface area contributed by atoms with Crippen LogP contribution in [0.5, 0.6) is 0 Å². The lowest BCUT2D eigenvalue weighted by Gasteiger charge is -2.15. The summed E-state index contributed by atoms with van der Waals surface area (Å²) in [7, 11) is 1.87. The van der Waals surface area contributed by atoms with E-state index in [1.165, 1.54) is 0 Å². The van der Waals surface area contributed by atoms with Crippen molar-refractivity contribution in [2.45, 2.75) is 12.5 Å². The minimum atomic E-state index is -0.334. The van der Waals surface area contributed by atoms with Gasteiger partial charge in [-0.2, -0.15) is 0 Å². The van der Waals surface area contributed by atoms with Crippen molar-refractivity contribution >= 4 is 54.8 Å². The number of hydrogen-bond donors (Lipinski definition) is 1. The van der Waals surface area contributed by atoms with Crippen LogP contribution in [0.3, 0.4) is 0 Å². The molecule has 1 atom stereocenters. The highest BCUT2D eigenvalue weighted by molar-refractivity contribution is 9.13. The van der Waals surface area contributed by atoms with E-state index in [0.29, 0.717) is 12.0 Å². The number of thiophene rings is 1. The fourth-order valence-electron chi connectivity index (χ4n) is 1.81. The Balaban J connectivity index is 2.26. The molecule has 1 heterocycles. The van der Waals surface area contributed by atoms with Crippen LogP contribution >= 0.6 is 54.8 Å². The van der Waals surface area contributed by atoms with Gasteiger partial charge in [-0.3, -0.25) is 0 Å². The normalized spacial score (nSPS) is 12.7. The van der Waals surface area contributed by atoms with E-state index in [0.717, 1.165) is 13.1 Å². The summed E-state index contributed by atoms with van der Waals surface area (Å²) in [6, 6.07) is 7.20. The Morgan fingerprint density at radius 3 is 2.74 bits per heavy atom. The minimum Gasteiger partial charge on any atom is -0.312 e. The fourth-order valence-corrected chi connectivity index (χ4v) is 4.20. The largest absolute Gasteiger partial charge is 0.312 e. The van der Waals surface area contributed by atoms with Gasteiger partial charge >= 0.3 is 0 Å². The highest BCUT2D eigenvalue weighted by atomic mass is 79.9. The first kappa shape index (κ1) is 15.4. The van der Waals surface area contributed by atoms with E-state index >= 15 is 0 Å². The first-order valence-corrected chi connectivity index (χ1v) is 8.36. The molecule has 0 fully saturated rings. The number of likely N-dealkylation sites (N-methyl/N-ethyl adjacent to an activating group) is 1. The highest BCUT2D eigenvalue weighted by Gasteiger charge is 2.17. The van der Waals surface area contributed by atoms with Crippen molar-refractivity contribution in [3.05, 3.63) is 53.8 Å². The molecule has 2 aromatic rings. The van der Waals surface area contributed by atoms with Gasteiger partial charge in [-0.25, -0.2) is 4.39 Å². The van der Waals surface area contributed by atoms with Gasteiger partial charge in [-0.15, -0.1) is 11.3 Å². The minimum absolute atomic E-state index is 0.0561. The second-order valence-corrected chi connectivity index (χ2v) is 7.69. The summed E-state index contributed by atoms with van der Waals surface area (Å²) in [5.74, 6) is -0.334. The second kappa shape index (κ2) is 6.68. The fraction of sp³-hybridized carbons (Fsp3) is 0.231. The van der Waals surface area contributed by atoms with Crippen LogP contribution in [0, 0.1) is 5.82 Å². The summed E-state index contributed by atoms with van der Waals surface area (Å²) in [6.45, 7) is 0. The molecule has 1 aromatic heterocycles. The molecule has 1 unspecified atom stereocenters. The molecule has 19 heavy (non-hydrogen) atoms. The van der Waals surface area contributed by atoms with Gasteiger partial charge in [0.25, 0.3) is 0 Å². The monoisotopic (exact) mass is 425 g/mol. The molecule has 2 rings (SSSR count).